The van der Waals surface area contributed by atoms with Gasteiger partial charge in [-0.2, -0.15) is 0 Å². The van der Waals surface area contributed by atoms with Crippen molar-refractivity contribution in [3.05, 3.63) is 61.2 Å². The van der Waals surface area contributed by atoms with Crippen molar-refractivity contribution in [1.29, 1.82) is 0 Å². The number of carboxylic acids is 2. The lowest BCUT2D eigenvalue weighted by atomic mass is 10.3. The van der Waals surface area contributed by atoms with Crippen LogP contribution in [0.4, 0.5) is 0 Å². The Bertz CT molecular complexity index is 837. The molecule has 0 atom stereocenters. The van der Waals surface area contributed by atoms with Crippen LogP contribution in [-0.4, -0.2) is 42.1 Å². The fourth-order valence-corrected chi connectivity index (χ4v) is 1.97. The number of carbonyl (C=O) groups is 2. The molecule has 4 aromatic rings. The Morgan fingerprint density at radius 3 is 1.46 bits per heavy atom. The molecule has 2 heterocycles. The molecule has 0 spiro atoms. The van der Waals surface area contributed by atoms with Gasteiger partial charge < -0.3 is 20.2 Å². The van der Waals surface area contributed by atoms with Crippen LogP contribution in [0.2, 0.25) is 0 Å². The molecule has 2 aromatic heterocycles. The maximum Gasteiger partial charge on any atom is 0.303 e. The van der Waals surface area contributed by atoms with Crippen molar-refractivity contribution in [2.75, 3.05) is 0 Å². The van der Waals surface area contributed by atoms with Gasteiger partial charge in [-0.1, -0.05) is 24.3 Å². The highest BCUT2D eigenvalue weighted by Crippen LogP contribution is 2.06. The Balaban J connectivity index is 0.000000141. The molecular weight excluding hydrogens is 336 g/mol. The number of imidazole rings is 2. The highest BCUT2D eigenvalue weighted by Gasteiger charge is 2.00. The van der Waals surface area contributed by atoms with Gasteiger partial charge >= 0.3 is 11.9 Å². The molecule has 0 aliphatic heterocycles. The van der Waals surface area contributed by atoms with Crippen LogP contribution < -0.4 is 0 Å². The van der Waals surface area contributed by atoms with Crippen LogP contribution in [0.25, 0.3) is 22.1 Å². The lowest BCUT2D eigenvalue weighted by Crippen LogP contribution is -2.00. The van der Waals surface area contributed by atoms with Crippen LogP contribution in [-0.2, 0) is 9.59 Å². The quantitative estimate of drug-likeness (QED) is 0.447. The zero-order valence-corrected chi connectivity index (χ0v) is 13.8. The third kappa shape index (κ3) is 6.08. The second-order valence-corrected chi connectivity index (χ2v) is 5.13. The lowest BCUT2D eigenvalue weighted by molar-refractivity contribution is -0.143. The maximum absolute atomic E-state index is 9.64. The molecular formula is C18H18N4O4. The van der Waals surface area contributed by atoms with Crippen molar-refractivity contribution in [3.8, 4) is 0 Å². The fourth-order valence-electron chi connectivity index (χ4n) is 1.97. The number of hydrogen-bond donors (Lipinski definition) is 4. The molecule has 4 N–H and O–H groups in total. The molecule has 0 aliphatic carbocycles. The van der Waals surface area contributed by atoms with Crippen LogP contribution in [0.1, 0.15) is 12.8 Å². The number of carboxylic acid groups (broad SMARTS) is 2. The van der Waals surface area contributed by atoms with E-state index in [1.807, 2.05) is 48.5 Å². The van der Waals surface area contributed by atoms with Crippen LogP contribution in [0.5, 0.6) is 0 Å². The number of nitrogens with one attached hydrogen (secondary N) is 2. The average molecular weight is 354 g/mol. The zero-order chi connectivity index (χ0) is 18.8. The van der Waals surface area contributed by atoms with Gasteiger partial charge in [-0.3, -0.25) is 9.59 Å². The molecule has 26 heavy (non-hydrogen) atoms. The van der Waals surface area contributed by atoms with Crippen LogP contribution in [0, 0.1) is 0 Å². The summed E-state index contributed by atoms with van der Waals surface area (Å²) in [6.45, 7) is 0. The third-order valence-corrected chi connectivity index (χ3v) is 3.21. The number of nitrogens with zero attached hydrogens (tertiary/aromatic N) is 2. The number of H-pyrrole nitrogens is 2. The summed E-state index contributed by atoms with van der Waals surface area (Å²) >= 11 is 0. The highest BCUT2D eigenvalue weighted by molar-refractivity contribution is 5.75. The van der Waals surface area contributed by atoms with Gasteiger partial charge in [0, 0.05) is 0 Å². The number of aromatic nitrogens is 4. The molecule has 4 rings (SSSR count). The maximum atomic E-state index is 9.64. The van der Waals surface area contributed by atoms with Gasteiger partial charge in [0.15, 0.2) is 0 Å². The molecule has 0 fully saturated rings. The summed E-state index contributed by atoms with van der Waals surface area (Å²) in [5.41, 5.74) is 4.24. The van der Waals surface area contributed by atoms with Gasteiger partial charge in [0.1, 0.15) is 0 Å². The molecule has 8 nitrogen and oxygen atoms in total. The zero-order valence-electron chi connectivity index (χ0n) is 13.8. The minimum Gasteiger partial charge on any atom is -0.481 e. The normalized spacial score (nSPS) is 9.69. The molecule has 134 valence electrons. The Morgan fingerprint density at radius 1 is 0.731 bits per heavy atom. The van der Waals surface area contributed by atoms with E-state index >= 15 is 0 Å². The van der Waals surface area contributed by atoms with E-state index in [2.05, 4.69) is 19.9 Å². The summed E-state index contributed by atoms with van der Waals surface area (Å²) < 4.78 is 0. The van der Waals surface area contributed by atoms with Crippen LogP contribution >= 0.6 is 0 Å². The van der Waals surface area contributed by atoms with E-state index in [-0.39, 0.29) is 12.8 Å². The van der Waals surface area contributed by atoms with E-state index < -0.39 is 11.9 Å². The molecule has 0 bridgehead atoms. The number of aliphatic carboxylic acids is 2. The molecule has 0 aliphatic rings. The number of aromatic amines is 2. The second kappa shape index (κ2) is 9.58. The molecule has 0 amide bonds. The summed E-state index contributed by atoms with van der Waals surface area (Å²) in [4.78, 5) is 33.4. The first-order valence-corrected chi connectivity index (χ1v) is 7.76. The monoisotopic (exact) mass is 354 g/mol. The van der Waals surface area contributed by atoms with Crippen LogP contribution in [0.3, 0.4) is 0 Å². The third-order valence-electron chi connectivity index (χ3n) is 3.21. The first kappa shape index (κ1) is 18.7. The summed E-state index contributed by atoms with van der Waals surface area (Å²) in [6.07, 6.45) is 2.81. The van der Waals surface area contributed by atoms with Gasteiger partial charge in [0.05, 0.1) is 47.6 Å². The van der Waals surface area contributed by atoms with E-state index in [1.54, 1.807) is 12.7 Å². The molecule has 0 unspecified atom stereocenters. The van der Waals surface area contributed by atoms with E-state index in [1.165, 1.54) is 0 Å². The largest absolute Gasteiger partial charge is 0.481 e. The minimum absolute atomic E-state index is 0.296. The Morgan fingerprint density at radius 2 is 1.12 bits per heavy atom. The van der Waals surface area contributed by atoms with E-state index in [9.17, 15) is 9.59 Å². The van der Waals surface area contributed by atoms with Gasteiger partial charge in [-0.25, -0.2) is 9.97 Å². The van der Waals surface area contributed by atoms with Gasteiger partial charge in [0.25, 0.3) is 0 Å². The first-order valence-electron chi connectivity index (χ1n) is 7.76. The molecule has 0 saturated heterocycles. The molecule has 0 saturated carbocycles. The highest BCUT2D eigenvalue weighted by atomic mass is 16.4. The summed E-state index contributed by atoms with van der Waals surface area (Å²) in [5.74, 6) is -2.15. The van der Waals surface area contributed by atoms with Crippen LogP contribution in [0.15, 0.2) is 61.2 Å². The standard InChI is InChI=1S/2C7H6N2.C4H6O4/c2*1-2-4-7-6(3-1)8-5-9-7;5-3(6)1-2-4(7)8/h2*1-5H,(H,8,9);1-2H2,(H,5,6)(H,7,8). The number of rotatable bonds is 3. The van der Waals surface area contributed by atoms with Crippen molar-refractivity contribution in [2.45, 2.75) is 12.8 Å². The summed E-state index contributed by atoms with van der Waals surface area (Å²) in [7, 11) is 0. The predicted molar refractivity (Wildman–Crippen MR) is 96.7 cm³/mol. The van der Waals surface area contributed by atoms with E-state index in [0.717, 1.165) is 22.1 Å². The van der Waals surface area contributed by atoms with E-state index in [0.29, 0.717) is 0 Å². The Hall–Kier alpha value is -3.68. The van der Waals surface area contributed by atoms with E-state index in [4.69, 9.17) is 10.2 Å². The first-order chi connectivity index (χ1) is 12.6. The fraction of sp³-hybridized carbons (Fsp3) is 0.111. The molecule has 0 radical (unpaired) electrons. The van der Waals surface area contributed by atoms with Crippen molar-refractivity contribution < 1.29 is 19.8 Å². The average Bonchev–Trinajstić information content (AvgIpc) is 3.30. The summed E-state index contributed by atoms with van der Waals surface area (Å²) in [6, 6.07) is 15.9. The SMILES string of the molecule is O=C(O)CCC(=O)O.c1ccc2[nH]cnc2c1.c1ccc2[nH]cnc2c1. The van der Waals surface area contributed by atoms with Crippen molar-refractivity contribution >= 4 is 34.0 Å². The summed E-state index contributed by atoms with van der Waals surface area (Å²) in [5, 5.41) is 15.8. The Kier molecular flexibility index (Phi) is 6.87. The number of para-hydroxylation sites is 4. The second-order valence-electron chi connectivity index (χ2n) is 5.13. The topological polar surface area (TPSA) is 132 Å². The number of benzene rings is 2. The van der Waals surface area contributed by atoms with Crippen molar-refractivity contribution in [2.24, 2.45) is 0 Å². The lowest BCUT2D eigenvalue weighted by Gasteiger charge is -1.85. The van der Waals surface area contributed by atoms with Gasteiger partial charge in [0.2, 0.25) is 0 Å². The van der Waals surface area contributed by atoms with Gasteiger partial charge in [-0.15, -0.1) is 0 Å². The Labute approximate surface area is 148 Å². The predicted octanol–water partition coefficient (Wildman–Crippen LogP) is 3.06. The van der Waals surface area contributed by atoms with Crippen molar-refractivity contribution in [1.82, 2.24) is 19.9 Å². The minimum atomic E-state index is -1.08. The molecule has 8 heteroatoms. The molecule has 2 aromatic carbocycles. The van der Waals surface area contributed by atoms with Gasteiger partial charge in [-0.05, 0) is 24.3 Å². The smallest absolute Gasteiger partial charge is 0.303 e. The number of hydrogen-bond acceptors (Lipinski definition) is 4. The van der Waals surface area contributed by atoms with Crippen molar-refractivity contribution in [3.63, 3.8) is 0 Å². The number of fused-ring (bicyclic) bond motifs is 2.